The first-order chi connectivity index (χ1) is 14.1. The minimum atomic E-state index is -0.205. The third kappa shape index (κ3) is 3.53. The fourth-order valence-electron chi connectivity index (χ4n) is 3.35. The van der Waals surface area contributed by atoms with Gasteiger partial charge in [-0.05, 0) is 55.8 Å². The molecule has 0 spiro atoms. The molecule has 0 aliphatic carbocycles. The van der Waals surface area contributed by atoms with Crippen molar-refractivity contribution in [1.82, 2.24) is 0 Å². The van der Waals surface area contributed by atoms with E-state index < -0.39 is 0 Å². The number of fused-ring (bicyclic) bond motifs is 1. The molecule has 0 unspecified atom stereocenters. The van der Waals surface area contributed by atoms with Crippen molar-refractivity contribution in [2.45, 2.75) is 20.5 Å². The van der Waals surface area contributed by atoms with E-state index in [2.05, 4.69) is 14.9 Å². The fraction of sp³-hybridized carbons (Fsp3) is 0.182. The van der Waals surface area contributed by atoms with Gasteiger partial charge in [0.1, 0.15) is 6.61 Å². The lowest BCUT2D eigenvalue weighted by Gasteiger charge is -2.15. The number of carbonyl (C=O) groups is 1. The standard InChI is InChI=1S/C22H21N3O4/c1-3-24-19-6-4-5-7-20(19)29-21(24)13-12-18-15(2)23-25(22(18)26)17-10-8-16(9-11-17)14-28-27/h4-13,27H,3,14H2,1-2H3/b18-12?,21-13-. The van der Waals surface area contributed by atoms with E-state index in [1.165, 1.54) is 5.01 Å². The Kier molecular flexibility index (Phi) is 5.16. The number of amides is 1. The SMILES string of the molecule is CCN1/C(=C/C=C2C(=O)N(c3ccc(COO)cc3)N=C2C)Oc2ccccc21. The van der Waals surface area contributed by atoms with Gasteiger partial charge < -0.3 is 9.64 Å². The molecule has 1 amide bonds. The van der Waals surface area contributed by atoms with Gasteiger partial charge in [0, 0.05) is 6.54 Å². The summed E-state index contributed by atoms with van der Waals surface area (Å²) in [6.45, 7) is 4.69. The Morgan fingerprint density at radius 3 is 2.62 bits per heavy atom. The summed E-state index contributed by atoms with van der Waals surface area (Å²) in [6.07, 6.45) is 3.56. The summed E-state index contributed by atoms with van der Waals surface area (Å²) in [6, 6.07) is 14.9. The van der Waals surface area contributed by atoms with E-state index >= 15 is 0 Å². The largest absolute Gasteiger partial charge is 0.439 e. The number of allylic oxidation sites excluding steroid dienone is 2. The van der Waals surface area contributed by atoms with Crippen LogP contribution < -0.4 is 14.6 Å². The molecule has 7 heteroatoms. The Morgan fingerprint density at radius 2 is 1.90 bits per heavy atom. The molecule has 2 aliphatic heterocycles. The van der Waals surface area contributed by atoms with Gasteiger partial charge in [-0.25, -0.2) is 4.89 Å². The lowest BCUT2D eigenvalue weighted by Crippen LogP contribution is -2.21. The van der Waals surface area contributed by atoms with Crippen LogP contribution in [0.1, 0.15) is 19.4 Å². The number of nitrogens with zero attached hydrogens (tertiary/aromatic N) is 3. The van der Waals surface area contributed by atoms with E-state index in [1.807, 2.05) is 31.2 Å². The van der Waals surface area contributed by atoms with Crippen molar-refractivity contribution >= 4 is 23.0 Å². The summed E-state index contributed by atoms with van der Waals surface area (Å²) in [4.78, 5) is 19.1. The van der Waals surface area contributed by atoms with Gasteiger partial charge in [-0.3, -0.25) is 10.1 Å². The number of carbonyl (C=O) groups excluding carboxylic acids is 1. The van der Waals surface area contributed by atoms with E-state index in [0.717, 1.165) is 23.5 Å². The van der Waals surface area contributed by atoms with Gasteiger partial charge in [0.25, 0.3) is 5.91 Å². The predicted molar refractivity (Wildman–Crippen MR) is 111 cm³/mol. The molecule has 1 N–H and O–H groups in total. The van der Waals surface area contributed by atoms with Crippen LogP contribution in [0, 0.1) is 0 Å². The number of hydrazone groups is 1. The first-order valence-corrected chi connectivity index (χ1v) is 9.34. The van der Waals surface area contributed by atoms with E-state index in [-0.39, 0.29) is 12.5 Å². The van der Waals surface area contributed by atoms with Gasteiger partial charge in [-0.1, -0.05) is 24.3 Å². The highest BCUT2D eigenvalue weighted by molar-refractivity contribution is 6.29. The maximum atomic E-state index is 12.9. The van der Waals surface area contributed by atoms with Gasteiger partial charge in [-0.2, -0.15) is 10.1 Å². The minimum Gasteiger partial charge on any atom is -0.439 e. The number of hydrogen-bond acceptors (Lipinski definition) is 6. The molecule has 4 rings (SSSR count). The molecule has 0 radical (unpaired) electrons. The number of para-hydroxylation sites is 2. The monoisotopic (exact) mass is 391 g/mol. The predicted octanol–water partition coefficient (Wildman–Crippen LogP) is 4.09. The first kappa shape index (κ1) is 18.9. The van der Waals surface area contributed by atoms with Crippen molar-refractivity contribution in [3.63, 3.8) is 0 Å². The third-order valence-electron chi connectivity index (χ3n) is 4.82. The zero-order valence-corrected chi connectivity index (χ0v) is 16.2. The molecule has 148 valence electrons. The Bertz CT molecular complexity index is 1020. The highest BCUT2D eigenvalue weighted by atomic mass is 17.1. The fourth-order valence-corrected chi connectivity index (χ4v) is 3.35. The smallest absolute Gasteiger partial charge is 0.280 e. The Labute approximate surface area is 168 Å². The minimum absolute atomic E-state index is 0.0889. The van der Waals surface area contributed by atoms with Crippen LogP contribution in [-0.2, 0) is 16.3 Å². The molecule has 2 heterocycles. The van der Waals surface area contributed by atoms with Crippen molar-refractivity contribution in [2.24, 2.45) is 5.10 Å². The molecular weight excluding hydrogens is 370 g/mol. The molecule has 0 aromatic heterocycles. The van der Waals surface area contributed by atoms with Crippen LogP contribution in [-0.4, -0.2) is 23.4 Å². The van der Waals surface area contributed by atoms with E-state index in [1.54, 1.807) is 43.3 Å². The Balaban J connectivity index is 1.57. The molecule has 0 saturated heterocycles. The maximum absolute atomic E-state index is 12.9. The van der Waals surface area contributed by atoms with Crippen molar-refractivity contribution in [3.05, 3.63) is 77.7 Å². The van der Waals surface area contributed by atoms with Crippen LogP contribution in [0.4, 0.5) is 11.4 Å². The topological polar surface area (TPSA) is 74.6 Å². The number of ether oxygens (including phenoxy) is 1. The van der Waals surface area contributed by atoms with Crippen LogP contribution >= 0.6 is 0 Å². The van der Waals surface area contributed by atoms with Crippen molar-refractivity contribution in [2.75, 3.05) is 16.5 Å². The number of hydrogen-bond donors (Lipinski definition) is 1. The molecular formula is C22H21N3O4. The van der Waals surface area contributed by atoms with Crippen LogP contribution in [0.15, 0.2) is 77.2 Å². The van der Waals surface area contributed by atoms with Gasteiger partial charge in [0.15, 0.2) is 5.75 Å². The maximum Gasteiger partial charge on any atom is 0.280 e. The average molecular weight is 391 g/mol. The summed E-state index contributed by atoms with van der Waals surface area (Å²) in [5.41, 5.74) is 3.59. The van der Waals surface area contributed by atoms with Crippen molar-refractivity contribution in [3.8, 4) is 5.75 Å². The van der Waals surface area contributed by atoms with Gasteiger partial charge in [-0.15, -0.1) is 0 Å². The Morgan fingerprint density at radius 1 is 1.14 bits per heavy atom. The molecule has 2 aromatic carbocycles. The van der Waals surface area contributed by atoms with E-state index in [4.69, 9.17) is 9.99 Å². The molecule has 0 fully saturated rings. The highest BCUT2D eigenvalue weighted by Gasteiger charge is 2.29. The molecule has 2 aliphatic rings. The molecule has 0 saturated carbocycles. The zero-order chi connectivity index (χ0) is 20.4. The van der Waals surface area contributed by atoms with Crippen LogP contribution in [0.25, 0.3) is 0 Å². The highest BCUT2D eigenvalue weighted by Crippen LogP contribution is 2.38. The second-order valence-corrected chi connectivity index (χ2v) is 6.64. The average Bonchev–Trinajstić information content (AvgIpc) is 3.23. The van der Waals surface area contributed by atoms with Crippen molar-refractivity contribution < 1.29 is 19.7 Å². The third-order valence-corrected chi connectivity index (χ3v) is 4.82. The molecule has 0 atom stereocenters. The molecule has 29 heavy (non-hydrogen) atoms. The first-order valence-electron chi connectivity index (χ1n) is 9.34. The van der Waals surface area contributed by atoms with Crippen LogP contribution in [0.5, 0.6) is 5.75 Å². The summed E-state index contributed by atoms with van der Waals surface area (Å²) in [5, 5.41) is 14.3. The van der Waals surface area contributed by atoms with Gasteiger partial charge in [0.2, 0.25) is 5.88 Å². The number of rotatable bonds is 5. The lowest BCUT2D eigenvalue weighted by molar-refractivity contribution is -0.253. The second-order valence-electron chi connectivity index (χ2n) is 6.64. The zero-order valence-electron chi connectivity index (χ0n) is 16.2. The van der Waals surface area contributed by atoms with E-state index in [9.17, 15) is 4.79 Å². The molecule has 2 aromatic rings. The lowest BCUT2D eigenvalue weighted by atomic mass is 10.1. The second kappa shape index (κ2) is 7.90. The summed E-state index contributed by atoms with van der Waals surface area (Å²) >= 11 is 0. The number of anilines is 2. The van der Waals surface area contributed by atoms with Gasteiger partial charge in [0.05, 0.1) is 22.7 Å². The normalized spacial score (nSPS) is 18.4. The number of benzene rings is 2. The molecule has 7 nitrogen and oxygen atoms in total. The van der Waals surface area contributed by atoms with E-state index in [0.29, 0.717) is 22.9 Å². The summed E-state index contributed by atoms with van der Waals surface area (Å²) < 4.78 is 5.93. The quantitative estimate of drug-likeness (QED) is 0.472. The van der Waals surface area contributed by atoms with Crippen LogP contribution in [0.3, 0.4) is 0 Å². The molecule has 0 bridgehead atoms. The van der Waals surface area contributed by atoms with Crippen molar-refractivity contribution in [1.29, 1.82) is 0 Å². The Hall–Kier alpha value is -3.42. The summed E-state index contributed by atoms with van der Waals surface area (Å²) in [5.74, 6) is 1.27. The van der Waals surface area contributed by atoms with Crippen LogP contribution in [0.2, 0.25) is 0 Å². The van der Waals surface area contributed by atoms with Gasteiger partial charge >= 0.3 is 0 Å². The summed E-state index contributed by atoms with van der Waals surface area (Å²) in [7, 11) is 0.